The number of ether oxygens (including phenoxy) is 2. The first kappa shape index (κ1) is 21.6. The second-order valence-corrected chi connectivity index (χ2v) is 7.39. The number of thioether (sulfide) groups is 1. The van der Waals surface area contributed by atoms with Crippen LogP contribution in [0, 0.1) is 10.1 Å². The molecule has 2 aromatic carbocycles. The van der Waals surface area contributed by atoms with Crippen molar-refractivity contribution < 1.29 is 14.4 Å². The third kappa shape index (κ3) is 5.50. The van der Waals surface area contributed by atoms with Crippen LogP contribution in [0.3, 0.4) is 0 Å². The third-order valence-corrected chi connectivity index (χ3v) is 5.17. The van der Waals surface area contributed by atoms with Gasteiger partial charge >= 0.3 is 5.69 Å². The maximum atomic E-state index is 11.4. The number of para-hydroxylation sites is 1. The van der Waals surface area contributed by atoms with Crippen LogP contribution in [0.25, 0.3) is 11.4 Å². The van der Waals surface area contributed by atoms with Crippen molar-refractivity contribution in [3.8, 4) is 22.9 Å². The van der Waals surface area contributed by atoms with E-state index >= 15 is 0 Å². The van der Waals surface area contributed by atoms with E-state index in [2.05, 4.69) is 15.2 Å². The number of unbranched alkanes of at least 4 members (excludes halogenated alkanes) is 1. The highest BCUT2D eigenvalue weighted by Gasteiger charge is 2.17. The van der Waals surface area contributed by atoms with Crippen LogP contribution in [0.4, 0.5) is 5.69 Å². The number of nitrogens with one attached hydrogen (secondary N) is 1. The van der Waals surface area contributed by atoms with Gasteiger partial charge in [0.05, 0.1) is 23.7 Å². The van der Waals surface area contributed by atoms with E-state index in [1.54, 1.807) is 12.1 Å². The molecule has 30 heavy (non-hydrogen) atoms. The Balaban J connectivity index is 1.69. The van der Waals surface area contributed by atoms with Gasteiger partial charge in [-0.3, -0.25) is 15.2 Å². The average Bonchev–Trinajstić information content (AvgIpc) is 3.22. The zero-order chi connectivity index (χ0) is 21.3. The van der Waals surface area contributed by atoms with Gasteiger partial charge in [0.2, 0.25) is 5.16 Å². The zero-order valence-corrected chi connectivity index (χ0v) is 17.8. The fourth-order valence-electron chi connectivity index (χ4n) is 2.77. The molecule has 9 heteroatoms. The Morgan fingerprint density at radius 2 is 1.97 bits per heavy atom. The van der Waals surface area contributed by atoms with E-state index in [1.165, 1.54) is 11.8 Å². The Morgan fingerprint density at radius 1 is 1.13 bits per heavy atom. The van der Waals surface area contributed by atoms with Crippen LogP contribution in [0.15, 0.2) is 47.6 Å². The summed E-state index contributed by atoms with van der Waals surface area (Å²) in [5.74, 6) is 2.16. The Morgan fingerprint density at radius 3 is 2.73 bits per heavy atom. The predicted molar refractivity (Wildman–Crippen MR) is 116 cm³/mol. The Labute approximate surface area is 179 Å². The van der Waals surface area contributed by atoms with Crippen LogP contribution in [0.1, 0.15) is 32.3 Å². The number of nitro benzene ring substituents is 1. The molecule has 1 aromatic heterocycles. The third-order valence-electron chi connectivity index (χ3n) is 4.25. The molecule has 0 bridgehead atoms. The summed E-state index contributed by atoms with van der Waals surface area (Å²) in [4.78, 5) is 15.5. The zero-order valence-electron chi connectivity index (χ0n) is 17.0. The number of rotatable bonds is 11. The lowest BCUT2D eigenvalue weighted by atomic mass is 10.2. The number of hydrogen-bond donors (Lipinski definition) is 1. The van der Waals surface area contributed by atoms with Gasteiger partial charge in [0, 0.05) is 11.8 Å². The summed E-state index contributed by atoms with van der Waals surface area (Å²) in [7, 11) is 0. The van der Waals surface area contributed by atoms with Crippen molar-refractivity contribution >= 4 is 17.4 Å². The van der Waals surface area contributed by atoms with Crippen molar-refractivity contribution in [3.05, 3.63) is 58.1 Å². The highest BCUT2D eigenvalue weighted by atomic mass is 32.2. The van der Waals surface area contributed by atoms with E-state index in [-0.39, 0.29) is 5.69 Å². The van der Waals surface area contributed by atoms with Gasteiger partial charge in [-0.25, -0.2) is 4.98 Å². The van der Waals surface area contributed by atoms with Crippen LogP contribution in [0.5, 0.6) is 11.5 Å². The van der Waals surface area contributed by atoms with Gasteiger partial charge in [-0.1, -0.05) is 43.3 Å². The molecule has 0 amide bonds. The van der Waals surface area contributed by atoms with Gasteiger partial charge in [0.1, 0.15) is 5.75 Å². The minimum Gasteiger partial charge on any atom is -0.493 e. The quantitative estimate of drug-likeness (QED) is 0.192. The van der Waals surface area contributed by atoms with Crippen LogP contribution in [0.2, 0.25) is 0 Å². The number of aromatic amines is 1. The summed E-state index contributed by atoms with van der Waals surface area (Å²) in [6, 6.07) is 12.7. The molecule has 3 rings (SSSR count). The molecule has 0 fully saturated rings. The van der Waals surface area contributed by atoms with E-state index < -0.39 is 4.92 Å². The number of benzene rings is 2. The van der Waals surface area contributed by atoms with Crippen molar-refractivity contribution in [3.63, 3.8) is 0 Å². The van der Waals surface area contributed by atoms with E-state index in [9.17, 15) is 10.1 Å². The van der Waals surface area contributed by atoms with Gasteiger partial charge in [0.15, 0.2) is 11.6 Å². The van der Waals surface area contributed by atoms with Gasteiger partial charge < -0.3 is 9.47 Å². The molecule has 0 saturated carbocycles. The molecule has 0 saturated heterocycles. The van der Waals surface area contributed by atoms with E-state index in [4.69, 9.17) is 9.47 Å². The molecule has 158 valence electrons. The molecule has 8 nitrogen and oxygen atoms in total. The first-order valence-electron chi connectivity index (χ1n) is 9.79. The smallest absolute Gasteiger partial charge is 0.311 e. The minimum atomic E-state index is -0.412. The molecule has 0 aliphatic heterocycles. The Kier molecular flexibility index (Phi) is 7.67. The second kappa shape index (κ2) is 10.6. The van der Waals surface area contributed by atoms with E-state index in [0.717, 1.165) is 29.7 Å². The van der Waals surface area contributed by atoms with Crippen molar-refractivity contribution in [1.29, 1.82) is 0 Å². The fraction of sp³-hybridized carbons (Fsp3) is 0.333. The summed E-state index contributed by atoms with van der Waals surface area (Å²) in [6.45, 7) is 5.00. The number of aromatic nitrogens is 3. The molecule has 0 atom stereocenters. The molecule has 0 aliphatic carbocycles. The van der Waals surface area contributed by atoms with E-state index in [0.29, 0.717) is 35.7 Å². The molecule has 0 aliphatic rings. The van der Waals surface area contributed by atoms with Crippen molar-refractivity contribution in [1.82, 2.24) is 15.2 Å². The Bertz CT molecular complexity index is 993. The molecule has 0 unspecified atom stereocenters. The van der Waals surface area contributed by atoms with Gasteiger partial charge in [-0.05, 0) is 37.1 Å². The maximum Gasteiger partial charge on any atom is 0.311 e. The number of nitrogens with zero attached hydrogens (tertiary/aromatic N) is 3. The highest BCUT2D eigenvalue weighted by molar-refractivity contribution is 7.98. The fourth-order valence-corrected chi connectivity index (χ4v) is 3.51. The largest absolute Gasteiger partial charge is 0.493 e. The van der Waals surface area contributed by atoms with Gasteiger partial charge in [0.25, 0.3) is 0 Å². The monoisotopic (exact) mass is 428 g/mol. The summed E-state index contributed by atoms with van der Waals surface area (Å²) < 4.78 is 11.2. The number of hydrogen-bond acceptors (Lipinski definition) is 7. The minimum absolute atomic E-state index is 0.0227. The van der Waals surface area contributed by atoms with E-state index in [1.807, 2.05) is 44.2 Å². The molecular weight excluding hydrogens is 404 g/mol. The summed E-state index contributed by atoms with van der Waals surface area (Å²) in [6.07, 6.45) is 1.82. The standard InChI is InChI=1S/C21H24N4O4S/c1-3-5-12-29-19-11-10-15(13-17(19)25(26)27)14-30-21-22-20(23-24-21)16-8-6-7-9-18(16)28-4-2/h6-11,13H,3-5,12,14H2,1-2H3,(H,22,23,24). The summed E-state index contributed by atoms with van der Waals surface area (Å²) >= 11 is 1.40. The lowest BCUT2D eigenvalue weighted by Gasteiger charge is -2.07. The second-order valence-electron chi connectivity index (χ2n) is 6.45. The maximum absolute atomic E-state index is 11.4. The van der Waals surface area contributed by atoms with Crippen LogP contribution >= 0.6 is 11.8 Å². The molecule has 0 spiro atoms. The van der Waals surface area contributed by atoms with Crippen LogP contribution in [-0.4, -0.2) is 33.3 Å². The first-order chi connectivity index (χ1) is 14.6. The molecular formula is C21H24N4O4S. The first-order valence-corrected chi connectivity index (χ1v) is 10.8. The number of H-pyrrole nitrogens is 1. The number of nitro groups is 1. The van der Waals surface area contributed by atoms with Crippen molar-refractivity contribution in [2.75, 3.05) is 13.2 Å². The lowest BCUT2D eigenvalue weighted by molar-refractivity contribution is -0.385. The summed E-state index contributed by atoms with van der Waals surface area (Å²) in [5.41, 5.74) is 1.61. The molecule has 0 radical (unpaired) electrons. The normalized spacial score (nSPS) is 10.7. The summed E-state index contributed by atoms with van der Waals surface area (Å²) in [5, 5.41) is 19.1. The van der Waals surface area contributed by atoms with Gasteiger partial charge in [-0.2, -0.15) is 0 Å². The van der Waals surface area contributed by atoms with Gasteiger partial charge in [-0.15, -0.1) is 5.10 Å². The topological polar surface area (TPSA) is 103 Å². The van der Waals surface area contributed by atoms with Crippen LogP contribution < -0.4 is 9.47 Å². The lowest BCUT2D eigenvalue weighted by Crippen LogP contribution is -2.01. The average molecular weight is 429 g/mol. The van der Waals surface area contributed by atoms with Crippen LogP contribution in [-0.2, 0) is 5.75 Å². The predicted octanol–water partition coefficient (Wildman–Crippen LogP) is 5.25. The van der Waals surface area contributed by atoms with Crippen molar-refractivity contribution in [2.45, 2.75) is 37.6 Å². The highest BCUT2D eigenvalue weighted by Crippen LogP contribution is 2.32. The molecule has 1 N–H and O–H groups in total. The van der Waals surface area contributed by atoms with Crippen molar-refractivity contribution in [2.24, 2.45) is 0 Å². The SMILES string of the molecule is CCCCOc1ccc(CSc2n[nH]c(-c3ccccc3OCC)n2)cc1[N+](=O)[O-]. The Hall–Kier alpha value is -3.07. The molecule has 3 aromatic rings. The molecule has 1 heterocycles.